The second-order valence-corrected chi connectivity index (χ2v) is 37.1. The van der Waals surface area contributed by atoms with E-state index in [1.807, 2.05) is 167 Å². The lowest BCUT2D eigenvalue weighted by molar-refractivity contribution is 1.07. The van der Waals surface area contributed by atoms with Gasteiger partial charge in [0.15, 0.2) is 34.9 Å². The van der Waals surface area contributed by atoms with E-state index in [9.17, 15) is 0 Å². The van der Waals surface area contributed by atoms with Crippen LogP contribution >= 0.6 is 45.3 Å². The molecule has 0 N–H and O–H groups in total. The first-order valence-electron chi connectivity index (χ1n) is 42.8. The molecule has 0 aliphatic heterocycles. The third kappa shape index (κ3) is 11.6. The van der Waals surface area contributed by atoms with Crippen LogP contribution in [0.2, 0.25) is 0 Å². The fourth-order valence-electron chi connectivity index (χ4n) is 19.6. The second kappa shape index (κ2) is 28.8. The van der Waals surface area contributed by atoms with Gasteiger partial charge in [0.25, 0.3) is 0 Å². The molecule has 0 bridgehead atoms. The minimum atomic E-state index is 0.652. The van der Waals surface area contributed by atoms with Crippen molar-refractivity contribution >= 4 is 213 Å². The summed E-state index contributed by atoms with van der Waals surface area (Å²) >= 11 is 7.39. The molecule has 14 heteroatoms. The Balaban J connectivity index is 0.000000132. The van der Waals surface area contributed by atoms with Crippen molar-refractivity contribution in [3.63, 3.8) is 0 Å². The summed E-state index contributed by atoms with van der Waals surface area (Å²) in [6.45, 7) is 0. The predicted octanol–water partition coefficient (Wildman–Crippen LogP) is 31.6. The number of nitrogens with zero attached hydrogens (tertiary/aromatic N) is 10. The van der Waals surface area contributed by atoms with Crippen molar-refractivity contribution in [3.05, 3.63) is 400 Å². The lowest BCUT2D eigenvalue weighted by Gasteiger charge is -2.11. The van der Waals surface area contributed by atoms with E-state index in [0.717, 1.165) is 56.1 Å². The van der Waals surface area contributed by atoms with E-state index in [-0.39, 0.29) is 0 Å². The first-order chi connectivity index (χ1) is 63.4. The number of fused-ring (bicyclic) bond motifs is 24. The summed E-state index contributed by atoms with van der Waals surface area (Å²) in [7, 11) is 0. The Morgan fingerprint density at radius 3 is 0.703 bits per heavy atom. The molecular weight excluding hydrogens is 1640 g/mol. The molecule has 128 heavy (non-hydrogen) atoms. The molecule has 0 spiro atoms. The van der Waals surface area contributed by atoms with Crippen LogP contribution in [0.4, 0.5) is 0 Å². The largest absolute Gasteiger partial charge is 0.309 e. The van der Waals surface area contributed by atoms with Crippen LogP contribution in [0.1, 0.15) is 0 Å². The Labute approximate surface area is 747 Å². The fraction of sp³-hybridized carbons (Fsp3) is 0. The summed E-state index contributed by atoms with van der Waals surface area (Å²) in [5, 5.41) is 20.0. The smallest absolute Gasteiger partial charge is 0.164 e. The number of thiophene rings is 4. The third-order valence-corrected chi connectivity index (χ3v) is 30.1. The zero-order chi connectivity index (χ0) is 83.8. The molecule has 596 valence electrons. The van der Waals surface area contributed by atoms with Crippen LogP contribution in [0, 0.1) is 0 Å². The molecule has 0 radical (unpaired) electrons. The maximum absolute atomic E-state index is 5.05. The van der Waals surface area contributed by atoms with Gasteiger partial charge in [-0.3, -0.25) is 0 Å². The van der Waals surface area contributed by atoms with Crippen molar-refractivity contribution in [1.29, 1.82) is 0 Å². The lowest BCUT2D eigenvalue weighted by atomic mass is 10.1. The summed E-state index contributed by atoms with van der Waals surface area (Å²) in [4.78, 5) is 30.1. The highest BCUT2D eigenvalue weighted by Crippen LogP contribution is 2.48. The third-order valence-electron chi connectivity index (χ3n) is 25.5. The van der Waals surface area contributed by atoms with Gasteiger partial charge in [0.2, 0.25) is 0 Å². The topological polar surface area (TPSA) is 97.1 Å². The standard InChI is InChI=1S/2C57H33N5S2/c2*1-3-13-34(14-4-1)55-58-56(35-15-5-2-6-16-35)60-57(59-55)36-23-27-52-44(29-36)45-31-38(25-28-53(45)63-52)61-47-20-10-7-17-39(47)42-30-37(24-26-49(42)61)62-48-21-11-8-18-40(48)43-33-54-46(32-50(43)62)41-19-9-12-22-51(41)64-54/h2*1-33H. The van der Waals surface area contributed by atoms with Gasteiger partial charge >= 0.3 is 0 Å². The van der Waals surface area contributed by atoms with E-state index in [4.69, 9.17) is 29.9 Å². The van der Waals surface area contributed by atoms with E-state index < -0.39 is 0 Å². The number of benzene rings is 18. The van der Waals surface area contributed by atoms with Gasteiger partial charge in [0, 0.05) is 180 Å². The summed E-state index contributed by atoms with van der Waals surface area (Å²) < 4.78 is 20.0. The fourth-order valence-corrected chi connectivity index (χ4v) is 24.0. The van der Waals surface area contributed by atoms with Gasteiger partial charge in [-0.05, 0) is 170 Å². The highest BCUT2D eigenvalue weighted by atomic mass is 32.1. The van der Waals surface area contributed by atoms with Crippen molar-refractivity contribution in [3.8, 4) is 91.1 Å². The molecule has 18 aromatic carbocycles. The Morgan fingerprint density at radius 2 is 0.359 bits per heavy atom. The van der Waals surface area contributed by atoms with E-state index in [0.29, 0.717) is 34.9 Å². The number of aromatic nitrogens is 10. The molecule has 0 saturated heterocycles. The molecule has 0 aliphatic carbocycles. The van der Waals surface area contributed by atoms with E-state index in [2.05, 4.69) is 297 Å². The number of hydrogen-bond donors (Lipinski definition) is 0. The molecule has 0 saturated carbocycles. The minimum Gasteiger partial charge on any atom is -0.309 e. The number of para-hydroxylation sites is 4. The van der Waals surface area contributed by atoms with Crippen LogP contribution in [-0.4, -0.2) is 48.2 Å². The van der Waals surface area contributed by atoms with Crippen molar-refractivity contribution in [2.75, 3.05) is 0 Å². The summed E-state index contributed by atoms with van der Waals surface area (Å²) in [5.74, 6) is 3.93. The zero-order valence-corrected chi connectivity index (χ0v) is 71.5. The molecule has 0 aliphatic rings. The molecule has 10 heterocycles. The van der Waals surface area contributed by atoms with Gasteiger partial charge in [0.1, 0.15) is 0 Å². The van der Waals surface area contributed by atoms with Gasteiger partial charge in [-0.1, -0.05) is 231 Å². The van der Waals surface area contributed by atoms with Crippen LogP contribution in [0.15, 0.2) is 400 Å². The molecular formula is C114H66N10S4. The lowest BCUT2D eigenvalue weighted by Crippen LogP contribution is -2.00. The van der Waals surface area contributed by atoms with Crippen LogP contribution in [-0.2, 0) is 0 Å². The Morgan fingerprint density at radius 1 is 0.133 bits per heavy atom. The summed E-state index contributed by atoms with van der Waals surface area (Å²) in [6.07, 6.45) is 0. The van der Waals surface area contributed by atoms with Crippen molar-refractivity contribution < 1.29 is 0 Å². The molecule has 0 unspecified atom stereocenters. The summed E-state index contributed by atoms with van der Waals surface area (Å²) in [5.41, 5.74) is 19.8. The van der Waals surface area contributed by atoms with Crippen molar-refractivity contribution in [2.45, 2.75) is 0 Å². The Kier molecular flexibility index (Phi) is 16.3. The van der Waals surface area contributed by atoms with Gasteiger partial charge in [-0.25, -0.2) is 29.9 Å². The first kappa shape index (κ1) is 72.5. The van der Waals surface area contributed by atoms with Gasteiger partial charge in [0.05, 0.1) is 44.1 Å². The average Bonchev–Trinajstić information content (AvgIpc) is 1.58. The molecule has 28 rings (SSSR count). The molecule has 28 aromatic rings. The van der Waals surface area contributed by atoms with Crippen LogP contribution < -0.4 is 0 Å². The minimum absolute atomic E-state index is 0.652. The van der Waals surface area contributed by atoms with Gasteiger partial charge < -0.3 is 18.3 Å². The van der Waals surface area contributed by atoms with Crippen LogP contribution in [0.3, 0.4) is 0 Å². The summed E-state index contributed by atoms with van der Waals surface area (Å²) in [6, 6.07) is 144. The average molecular weight is 1700 g/mol. The maximum Gasteiger partial charge on any atom is 0.164 e. The highest BCUT2D eigenvalue weighted by Gasteiger charge is 2.25. The molecule has 10 aromatic heterocycles. The monoisotopic (exact) mass is 1700 g/mol. The zero-order valence-electron chi connectivity index (χ0n) is 68.2. The molecule has 0 atom stereocenters. The second-order valence-electron chi connectivity index (χ2n) is 32.8. The number of rotatable bonds is 10. The van der Waals surface area contributed by atoms with E-state index in [1.165, 1.54) is 168 Å². The molecule has 0 amide bonds. The van der Waals surface area contributed by atoms with Crippen LogP contribution in [0.5, 0.6) is 0 Å². The Hall–Kier alpha value is -15.9. The normalized spacial score (nSPS) is 12.1. The van der Waals surface area contributed by atoms with E-state index >= 15 is 0 Å². The predicted molar refractivity (Wildman–Crippen MR) is 541 cm³/mol. The van der Waals surface area contributed by atoms with Crippen molar-refractivity contribution in [2.24, 2.45) is 0 Å². The van der Waals surface area contributed by atoms with Crippen molar-refractivity contribution in [1.82, 2.24) is 48.2 Å². The number of hydrogen-bond acceptors (Lipinski definition) is 10. The maximum atomic E-state index is 5.05. The molecule has 10 nitrogen and oxygen atoms in total. The first-order valence-corrected chi connectivity index (χ1v) is 46.1. The highest BCUT2D eigenvalue weighted by molar-refractivity contribution is 7.27. The quantitative estimate of drug-likeness (QED) is 0.135. The SMILES string of the molecule is c1ccc(-c2nc(-c3ccccc3)nc(-c3ccc4sc5ccc(-n6c7ccccc7c7cc(-n8c9ccccc9c9cc%10sc%11ccccc%11c%10cc98)ccc76)cc5c4c3)n2)cc1.c1ccc(-c2nc(-c3ccccc3)nc(-c3ccc4sc5ccc(-n6c7ccccc7c7cc(-n8c9ccccc9c9cc%10sc%11ccccc%11c%10cc98)ccc76)cc5c4c3)n2)cc1. The van der Waals surface area contributed by atoms with Gasteiger partial charge in [-0.2, -0.15) is 0 Å². The Bertz CT molecular complexity index is 8820. The van der Waals surface area contributed by atoms with Gasteiger partial charge in [-0.15, -0.1) is 45.3 Å². The van der Waals surface area contributed by atoms with Crippen LogP contribution in [0.25, 0.3) is 259 Å². The molecule has 0 fully saturated rings. The van der Waals surface area contributed by atoms with E-state index in [1.54, 1.807) is 0 Å².